The number of nitrogens with zero attached hydrogens (tertiary/aromatic N) is 4. The Morgan fingerprint density at radius 2 is 1.85 bits per heavy atom. The Kier molecular flexibility index (Phi) is 6.95. The van der Waals surface area contributed by atoms with Gasteiger partial charge in [0.15, 0.2) is 0 Å². The maximum Gasteiger partial charge on any atom is 0.322 e. The lowest BCUT2D eigenvalue weighted by atomic mass is 9.91. The Morgan fingerprint density at radius 1 is 1.07 bits per heavy atom. The molecule has 1 atom stereocenters. The van der Waals surface area contributed by atoms with Crippen LogP contribution in [0.15, 0.2) is 36.5 Å². The molecule has 0 bridgehead atoms. The molecule has 3 aliphatic rings. The van der Waals surface area contributed by atoms with E-state index >= 15 is 0 Å². The summed E-state index contributed by atoms with van der Waals surface area (Å²) in [5.74, 6) is -0.873. The highest BCUT2D eigenvalue weighted by molar-refractivity contribution is 5.93. The van der Waals surface area contributed by atoms with Gasteiger partial charge in [0.25, 0.3) is 0 Å². The van der Waals surface area contributed by atoms with E-state index in [1.54, 1.807) is 11.0 Å². The molecule has 10 heteroatoms. The lowest BCUT2D eigenvalue weighted by molar-refractivity contribution is -0.142. The van der Waals surface area contributed by atoms with Gasteiger partial charge < -0.3 is 20.0 Å². The van der Waals surface area contributed by atoms with Gasteiger partial charge in [-0.3, -0.25) is 14.7 Å². The standard InChI is InChI=1S/C31H37FN6O3/c1-31(2,3)18-37-17-24-19(7-8-26-23(24)15-33-35-26)13-21(29(37)40)14-27(39)36-11-9-22(10-12-36)38-16-20-5-4-6-25(32)28(20)34-30(38)41/h4-8,15,21-22H,9-14,16-18H2,1-3H3,(H,33,35)(H,34,41)/t21-/m0/s1. The Bertz CT molecular complexity index is 1500. The summed E-state index contributed by atoms with van der Waals surface area (Å²) in [6.45, 7) is 8.83. The van der Waals surface area contributed by atoms with Gasteiger partial charge in [-0.1, -0.05) is 39.0 Å². The molecule has 1 aromatic heterocycles. The quantitative estimate of drug-likeness (QED) is 0.484. The molecular formula is C31H37FN6O3. The van der Waals surface area contributed by atoms with E-state index in [2.05, 4.69) is 42.4 Å². The van der Waals surface area contributed by atoms with E-state index in [4.69, 9.17) is 0 Å². The number of benzene rings is 2. The third-order valence-electron chi connectivity index (χ3n) is 8.59. The Morgan fingerprint density at radius 3 is 2.61 bits per heavy atom. The van der Waals surface area contributed by atoms with E-state index in [1.807, 2.05) is 28.1 Å². The first-order valence-electron chi connectivity index (χ1n) is 14.4. The Balaban J connectivity index is 1.14. The summed E-state index contributed by atoms with van der Waals surface area (Å²) in [7, 11) is 0. The molecule has 2 N–H and O–H groups in total. The lowest BCUT2D eigenvalue weighted by Gasteiger charge is -2.41. The number of hydrogen-bond donors (Lipinski definition) is 2. The summed E-state index contributed by atoms with van der Waals surface area (Å²) in [6.07, 6.45) is 3.77. The minimum Gasteiger partial charge on any atom is -0.343 e. The van der Waals surface area contributed by atoms with Crippen LogP contribution >= 0.6 is 0 Å². The molecule has 0 aliphatic carbocycles. The van der Waals surface area contributed by atoms with Crippen LogP contribution in [0.1, 0.15) is 56.7 Å². The number of halogens is 1. The predicted octanol–water partition coefficient (Wildman–Crippen LogP) is 4.68. The average Bonchev–Trinajstić information content (AvgIpc) is 3.37. The van der Waals surface area contributed by atoms with Gasteiger partial charge in [0.2, 0.25) is 11.8 Å². The Hall–Kier alpha value is -3.95. The SMILES string of the molecule is CC(C)(C)CN1Cc2c(ccc3[nH]ncc23)C[C@@H](CC(=O)N2CCC(N3Cc4cccc(F)c4NC3=O)CC2)C1=O. The Labute approximate surface area is 239 Å². The molecule has 41 heavy (non-hydrogen) atoms. The summed E-state index contributed by atoms with van der Waals surface area (Å²) in [4.78, 5) is 45.7. The van der Waals surface area contributed by atoms with Gasteiger partial charge in [-0.05, 0) is 53.5 Å². The zero-order valence-electron chi connectivity index (χ0n) is 23.9. The van der Waals surface area contributed by atoms with Gasteiger partial charge in [-0.25, -0.2) is 9.18 Å². The van der Waals surface area contributed by atoms with Crippen molar-refractivity contribution in [1.82, 2.24) is 24.9 Å². The van der Waals surface area contributed by atoms with Crippen LogP contribution in [0, 0.1) is 17.2 Å². The fourth-order valence-electron chi connectivity index (χ4n) is 6.58. The van der Waals surface area contributed by atoms with Crippen LogP contribution in [-0.4, -0.2) is 68.4 Å². The fourth-order valence-corrected chi connectivity index (χ4v) is 6.58. The van der Waals surface area contributed by atoms with Crippen molar-refractivity contribution in [3.05, 3.63) is 59.0 Å². The zero-order chi connectivity index (χ0) is 28.9. The minimum absolute atomic E-state index is 0.0203. The minimum atomic E-state index is -0.438. The van der Waals surface area contributed by atoms with Gasteiger partial charge in [0.1, 0.15) is 5.82 Å². The summed E-state index contributed by atoms with van der Waals surface area (Å²) in [5, 5.41) is 11.0. The number of piperidine rings is 1. The number of likely N-dealkylation sites (tertiary alicyclic amines) is 1. The first-order chi connectivity index (χ1) is 19.6. The van der Waals surface area contributed by atoms with Gasteiger partial charge in [0, 0.05) is 50.6 Å². The molecule has 1 fully saturated rings. The van der Waals surface area contributed by atoms with Crippen LogP contribution in [0.3, 0.4) is 0 Å². The number of para-hydroxylation sites is 1. The third-order valence-corrected chi connectivity index (χ3v) is 8.59. The van der Waals surface area contributed by atoms with Crippen LogP contribution in [0.2, 0.25) is 0 Å². The number of amides is 4. The van der Waals surface area contributed by atoms with Gasteiger partial charge >= 0.3 is 6.03 Å². The second-order valence-electron chi connectivity index (χ2n) is 12.8. The van der Waals surface area contributed by atoms with Crippen molar-refractivity contribution >= 4 is 34.4 Å². The summed E-state index contributed by atoms with van der Waals surface area (Å²) < 4.78 is 14.1. The highest BCUT2D eigenvalue weighted by atomic mass is 19.1. The first-order valence-corrected chi connectivity index (χ1v) is 14.4. The number of H-pyrrole nitrogens is 1. The molecule has 6 rings (SSSR count). The van der Waals surface area contributed by atoms with Gasteiger partial charge in [-0.2, -0.15) is 5.10 Å². The summed E-state index contributed by atoms with van der Waals surface area (Å²) >= 11 is 0. The number of carbonyl (C=O) groups excluding carboxylic acids is 3. The van der Waals surface area contributed by atoms with Crippen LogP contribution < -0.4 is 5.32 Å². The number of nitrogens with one attached hydrogen (secondary N) is 2. The maximum atomic E-state index is 14.1. The number of anilines is 1. The number of aromatic amines is 1. The number of rotatable bonds is 4. The van der Waals surface area contributed by atoms with E-state index in [1.165, 1.54) is 6.07 Å². The molecular weight excluding hydrogens is 523 g/mol. The van der Waals surface area contributed by atoms with Crippen molar-refractivity contribution in [3.8, 4) is 0 Å². The van der Waals surface area contributed by atoms with Crippen molar-refractivity contribution in [2.24, 2.45) is 11.3 Å². The molecule has 3 aromatic rings. The third kappa shape index (κ3) is 5.39. The largest absolute Gasteiger partial charge is 0.343 e. The highest BCUT2D eigenvalue weighted by Gasteiger charge is 2.37. The van der Waals surface area contributed by atoms with Crippen molar-refractivity contribution < 1.29 is 18.8 Å². The monoisotopic (exact) mass is 560 g/mol. The molecule has 3 aliphatic heterocycles. The fraction of sp³-hybridized carbons (Fsp3) is 0.484. The average molecular weight is 561 g/mol. The van der Waals surface area contributed by atoms with E-state index in [0.29, 0.717) is 52.0 Å². The molecule has 0 radical (unpaired) electrons. The number of carbonyl (C=O) groups is 3. The van der Waals surface area contributed by atoms with Crippen molar-refractivity contribution in [2.75, 3.05) is 25.0 Å². The normalized spacial score (nSPS) is 20.1. The van der Waals surface area contributed by atoms with Crippen LogP contribution in [0.4, 0.5) is 14.9 Å². The van der Waals surface area contributed by atoms with E-state index in [9.17, 15) is 18.8 Å². The van der Waals surface area contributed by atoms with Gasteiger partial charge in [0.05, 0.1) is 23.3 Å². The second kappa shape index (κ2) is 10.5. The topological polar surface area (TPSA) is 102 Å². The zero-order valence-corrected chi connectivity index (χ0v) is 23.9. The van der Waals surface area contributed by atoms with E-state index in [0.717, 1.165) is 27.6 Å². The lowest BCUT2D eigenvalue weighted by Crippen LogP contribution is -2.51. The van der Waals surface area contributed by atoms with Gasteiger partial charge in [-0.15, -0.1) is 0 Å². The van der Waals surface area contributed by atoms with Crippen molar-refractivity contribution in [3.63, 3.8) is 0 Å². The number of urea groups is 1. The smallest absolute Gasteiger partial charge is 0.322 e. The molecule has 0 unspecified atom stereocenters. The predicted molar refractivity (Wildman–Crippen MR) is 153 cm³/mol. The van der Waals surface area contributed by atoms with Crippen molar-refractivity contribution in [1.29, 1.82) is 0 Å². The molecule has 216 valence electrons. The van der Waals surface area contributed by atoms with Crippen LogP contribution in [0.25, 0.3) is 10.9 Å². The van der Waals surface area contributed by atoms with E-state index in [-0.39, 0.29) is 41.4 Å². The molecule has 0 spiro atoms. The number of hydrogen-bond acceptors (Lipinski definition) is 4. The maximum absolute atomic E-state index is 14.1. The molecule has 4 amide bonds. The molecule has 1 saturated heterocycles. The van der Waals surface area contributed by atoms with Crippen molar-refractivity contribution in [2.45, 2.75) is 65.6 Å². The number of fused-ring (bicyclic) bond motifs is 4. The second-order valence-corrected chi connectivity index (χ2v) is 12.8. The highest BCUT2D eigenvalue weighted by Crippen LogP contribution is 2.33. The number of aromatic nitrogens is 2. The first kappa shape index (κ1) is 27.2. The summed E-state index contributed by atoms with van der Waals surface area (Å²) in [6, 6.07) is 8.53. The molecule has 2 aromatic carbocycles. The van der Waals surface area contributed by atoms with E-state index < -0.39 is 11.7 Å². The van der Waals surface area contributed by atoms with Crippen LogP contribution in [-0.2, 0) is 29.1 Å². The molecule has 0 saturated carbocycles. The van der Waals surface area contributed by atoms with Crippen LogP contribution in [0.5, 0.6) is 0 Å². The summed E-state index contributed by atoms with van der Waals surface area (Å²) in [5.41, 5.74) is 4.06. The molecule has 9 nitrogen and oxygen atoms in total. The molecule has 4 heterocycles.